The minimum absolute atomic E-state index is 0.848. The summed E-state index contributed by atoms with van der Waals surface area (Å²) in [6, 6.07) is 26.8. The quantitative estimate of drug-likeness (QED) is 0.380. The molecular formula is C25H16N4. The predicted octanol–water partition coefficient (Wildman–Crippen LogP) is 5.99. The summed E-state index contributed by atoms with van der Waals surface area (Å²) in [6.45, 7) is 0. The number of hydrogen-bond donors (Lipinski definition) is 1. The average molecular weight is 372 g/mol. The van der Waals surface area contributed by atoms with E-state index in [1.165, 1.54) is 5.56 Å². The molecule has 0 amide bonds. The zero-order valence-electron chi connectivity index (χ0n) is 15.5. The lowest BCUT2D eigenvalue weighted by molar-refractivity contribution is 1.34. The van der Waals surface area contributed by atoms with Crippen LogP contribution in [0.2, 0.25) is 0 Å². The van der Waals surface area contributed by atoms with Crippen LogP contribution in [-0.2, 0) is 0 Å². The maximum Gasteiger partial charge on any atom is 0.139 e. The van der Waals surface area contributed by atoms with E-state index in [1.807, 2.05) is 30.5 Å². The number of nitrogens with zero attached hydrogens (tertiary/aromatic N) is 3. The number of benzene rings is 3. The third-order valence-electron chi connectivity index (χ3n) is 5.33. The number of aromatic nitrogens is 4. The summed E-state index contributed by atoms with van der Waals surface area (Å²) >= 11 is 0. The van der Waals surface area contributed by atoms with E-state index in [0.29, 0.717) is 0 Å². The number of aromatic amines is 1. The molecule has 0 fully saturated rings. The molecule has 29 heavy (non-hydrogen) atoms. The van der Waals surface area contributed by atoms with Gasteiger partial charge in [0.15, 0.2) is 0 Å². The van der Waals surface area contributed by atoms with Crippen LogP contribution in [0.3, 0.4) is 0 Å². The molecule has 0 atom stereocenters. The molecule has 6 aromatic rings. The zero-order valence-corrected chi connectivity index (χ0v) is 15.5. The second kappa shape index (κ2) is 6.24. The Morgan fingerprint density at radius 2 is 1.21 bits per heavy atom. The van der Waals surface area contributed by atoms with Gasteiger partial charge in [0.25, 0.3) is 0 Å². The first-order valence-electron chi connectivity index (χ1n) is 9.56. The number of nitrogens with one attached hydrogen (secondary N) is 1. The van der Waals surface area contributed by atoms with Crippen LogP contribution < -0.4 is 0 Å². The van der Waals surface area contributed by atoms with Crippen molar-refractivity contribution in [1.82, 2.24) is 19.9 Å². The maximum absolute atomic E-state index is 5.02. The molecule has 1 N–H and O–H groups in total. The van der Waals surface area contributed by atoms with Gasteiger partial charge in [-0.2, -0.15) is 0 Å². The van der Waals surface area contributed by atoms with E-state index in [0.717, 1.165) is 49.8 Å². The summed E-state index contributed by atoms with van der Waals surface area (Å²) in [7, 11) is 0. The lowest BCUT2D eigenvalue weighted by Gasteiger charge is -2.07. The fourth-order valence-electron chi connectivity index (χ4n) is 4.03. The van der Waals surface area contributed by atoms with Gasteiger partial charge < -0.3 is 4.98 Å². The normalized spacial score (nSPS) is 11.4. The molecule has 0 aliphatic rings. The Balaban J connectivity index is 1.70. The topological polar surface area (TPSA) is 54.5 Å². The lowest BCUT2D eigenvalue weighted by Crippen LogP contribution is -1.86. The number of H-pyrrole nitrogens is 1. The molecule has 0 aliphatic heterocycles. The third kappa shape index (κ3) is 2.43. The van der Waals surface area contributed by atoms with E-state index < -0.39 is 0 Å². The minimum Gasteiger partial charge on any atom is -0.337 e. The van der Waals surface area contributed by atoms with Crippen molar-refractivity contribution in [3.63, 3.8) is 0 Å². The van der Waals surface area contributed by atoms with Crippen LogP contribution in [-0.4, -0.2) is 19.9 Å². The fourth-order valence-corrected chi connectivity index (χ4v) is 4.03. The summed E-state index contributed by atoms with van der Waals surface area (Å²) in [5, 5.41) is 2.04. The fraction of sp³-hybridized carbons (Fsp3) is 0. The summed E-state index contributed by atoms with van der Waals surface area (Å²) in [5.41, 5.74) is 7.08. The first kappa shape index (κ1) is 16.0. The summed E-state index contributed by atoms with van der Waals surface area (Å²) < 4.78 is 0. The van der Waals surface area contributed by atoms with Crippen LogP contribution in [0.1, 0.15) is 0 Å². The van der Waals surface area contributed by atoms with Gasteiger partial charge in [0.05, 0.1) is 22.1 Å². The largest absolute Gasteiger partial charge is 0.337 e. The Hall–Kier alpha value is -4.05. The van der Waals surface area contributed by atoms with Gasteiger partial charge in [-0.25, -0.2) is 4.98 Å². The van der Waals surface area contributed by atoms with E-state index in [9.17, 15) is 0 Å². The van der Waals surface area contributed by atoms with Crippen LogP contribution in [0.25, 0.3) is 55.4 Å². The van der Waals surface area contributed by atoms with Gasteiger partial charge in [0, 0.05) is 28.7 Å². The van der Waals surface area contributed by atoms with Crippen molar-refractivity contribution in [2.24, 2.45) is 0 Å². The molecule has 3 aromatic heterocycles. The Labute approximate surface area is 166 Å². The zero-order chi connectivity index (χ0) is 19.2. The molecule has 4 heteroatoms. The molecule has 0 saturated carbocycles. The Morgan fingerprint density at radius 1 is 0.552 bits per heavy atom. The van der Waals surface area contributed by atoms with Gasteiger partial charge in [-0.05, 0) is 35.4 Å². The first-order valence-corrected chi connectivity index (χ1v) is 9.56. The highest BCUT2D eigenvalue weighted by molar-refractivity contribution is 6.21. The molecule has 0 bridgehead atoms. The van der Waals surface area contributed by atoms with E-state index in [4.69, 9.17) is 4.98 Å². The third-order valence-corrected chi connectivity index (χ3v) is 5.33. The Bertz CT molecular complexity index is 1430. The number of fused-ring (bicyclic) bond motifs is 6. The standard InChI is InChI=1S/C25H16N4/c1-2-8-16(9-3-1)17-10-4-5-11-18(17)25-28-23-19-12-6-14-26-21(19)22-20(24(23)29-25)13-7-15-27-22/h1-15H,(H,28,29). The van der Waals surface area contributed by atoms with Crippen molar-refractivity contribution in [3.8, 4) is 22.5 Å². The van der Waals surface area contributed by atoms with Crippen LogP contribution in [0.4, 0.5) is 0 Å². The van der Waals surface area contributed by atoms with Gasteiger partial charge in [-0.1, -0.05) is 54.6 Å². The number of rotatable bonds is 2. The second-order valence-electron chi connectivity index (χ2n) is 7.02. The van der Waals surface area contributed by atoms with E-state index in [-0.39, 0.29) is 0 Å². The Morgan fingerprint density at radius 3 is 2.00 bits per heavy atom. The SMILES string of the molecule is c1ccc(-c2ccccc2-c2nc3c4cccnc4c4ncccc4c3[nH]2)cc1. The smallest absolute Gasteiger partial charge is 0.139 e. The van der Waals surface area contributed by atoms with Crippen molar-refractivity contribution >= 4 is 32.8 Å². The van der Waals surface area contributed by atoms with E-state index in [2.05, 4.69) is 69.5 Å². The van der Waals surface area contributed by atoms with E-state index >= 15 is 0 Å². The molecule has 136 valence electrons. The van der Waals surface area contributed by atoms with Gasteiger partial charge in [0.2, 0.25) is 0 Å². The van der Waals surface area contributed by atoms with Crippen LogP contribution in [0, 0.1) is 0 Å². The lowest BCUT2D eigenvalue weighted by atomic mass is 9.99. The number of hydrogen-bond acceptors (Lipinski definition) is 3. The average Bonchev–Trinajstić information content (AvgIpc) is 3.26. The molecular weight excluding hydrogens is 356 g/mol. The number of imidazole rings is 1. The van der Waals surface area contributed by atoms with Crippen LogP contribution in [0.5, 0.6) is 0 Å². The Kier molecular flexibility index (Phi) is 3.43. The van der Waals surface area contributed by atoms with Crippen molar-refractivity contribution in [2.75, 3.05) is 0 Å². The highest BCUT2D eigenvalue weighted by Crippen LogP contribution is 2.36. The van der Waals surface area contributed by atoms with Crippen molar-refractivity contribution in [3.05, 3.63) is 91.3 Å². The highest BCUT2D eigenvalue weighted by atomic mass is 14.9. The number of pyridine rings is 2. The van der Waals surface area contributed by atoms with Crippen LogP contribution in [0.15, 0.2) is 91.3 Å². The summed E-state index contributed by atoms with van der Waals surface area (Å²) in [5.74, 6) is 0.848. The van der Waals surface area contributed by atoms with Crippen molar-refractivity contribution in [1.29, 1.82) is 0 Å². The van der Waals surface area contributed by atoms with Crippen LogP contribution >= 0.6 is 0 Å². The summed E-state index contributed by atoms with van der Waals surface area (Å²) in [6.07, 6.45) is 3.62. The first-order chi connectivity index (χ1) is 14.4. The van der Waals surface area contributed by atoms with E-state index in [1.54, 1.807) is 6.20 Å². The van der Waals surface area contributed by atoms with Gasteiger partial charge in [-0.3, -0.25) is 9.97 Å². The maximum atomic E-state index is 5.02. The van der Waals surface area contributed by atoms with Crippen molar-refractivity contribution < 1.29 is 0 Å². The molecule has 4 nitrogen and oxygen atoms in total. The van der Waals surface area contributed by atoms with Gasteiger partial charge in [0.1, 0.15) is 5.82 Å². The molecule has 3 aromatic carbocycles. The molecule has 0 unspecified atom stereocenters. The van der Waals surface area contributed by atoms with Gasteiger partial charge in [-0.15, -0.1) is 0 Å². The molecule has 0 radical (unpaired) electrons. The second-order valence-corrected chi connectivity index (χ2v) is 7.02. The molecule has 0 saturated heterocycles. The summed E-state index contributed by atoms with van der Waals surface area (Å²) in [4.78, 5) is 17.8. The molecule has 0 aliphatic carbocycles. The molecule has 0 spiro atoms. The molecule has 6 rings (SSSR count). The molecule has 3 heterocycles. The van der Waals surface area contributed by atoms with Crippen molar-refractivity contribution in [2.45, 2.75) is 0 Å². The highest BCUT2D eigenvalue weighted by Gasteiger charge is 2.16. The minimum atomic E-state index is 0.848. The monoisotopic (exact) mass is 372 g/mol. The predicted molar refractivity (Wildman–Crippen MR) is 118 cm³/mol. The van der Waals surface area contributed by atoms with Gasteiger partial charge >= 0.3 is 0 Å².